The van der Waals surface area contributed by atoms with Crippen molar-refractivity contribution in [1.82, 2.24) is 10.2 Å². The first-order chi connectivity index (χ1) is 8.35. The molecule has 0 aromatic carbocycles. The van der Waals surface area contributed by atoms with Gasteiger partial charge in [-0.05, 0) is 18.3 Å². The smallest absolute Gasteiger partial charge is 0.224 e. The zero-order valence-electron chi connectivity index (χ0n) is 11.7. The molecular formula is C14H24N2O2. The van der Waals surface area contributed by atoms with Crippen LogP contribution in [0.5, 0.6) is 0 Å². The Kier molecular flexibility index (Phi) is 3.64. The lowest BCUT2D eigenvalue weighted by atomic mass is 9.84. The predicted octanol–water partition coefficient (Wildman–Crippen LogP) is 1.55. The van der Waals surface area contributed by atoms with Gasteiger partial charge in [0.1, 0.15) is 0 Å². The van der Waals surface area contributed by atoms with Gasteiger partial charge in [0.25, 0.3) is 0 Å². The Morgan fingerprint density at radius 1 is 1.39 bits per heavy atom. The zero-order valence-corrected chi connectivity index (χ0v) is 11.7. The Labute approximate surface area is 109 Å². The van der Waals surface area contributed by atoms with Crippen LogP contribution in [0.25, 0.3) is 0 Å². The van der Waals surface area contributed by atoms with Crippen molar-refractivity contribution < 1.29 is 9.59 Å². The Morgan fingerprint density at radius 3 is 2.56 bits per heavy atom. The van der Waals surface area contributed by atoms with E-state index in [9.17, 15) is 9.59 Å². The van der Waals surface area contributed by atoms with Gasteiger partial charge in [0.2, 0.25) is 11.8 Å². The summed E-state index contributed by atoms with van der Waals surface area (Å²) in [6.07, 6.45) is 3.66. The number of amides is 2. The predicted molar refractivity (Wildman–Crippen MR) is 69.9 cm³/mol. The third-order valence-corrected chi connectivity index (χ3v) is 3.70. The minimum Gasteiger partial charge on any atom is -0.351 e. The molecule has 0 aromatic rings. The fraction of sp³-hybridized carbons (Fsp3) is 0.857. The molecule has 1 unspecified atom stereocenters. The highest BCUT2D eigenvalue weighted by Crippen LogP contribution is 2.27. The van der Waals surface area contributed by atoms with Gasteiger partial charge in [0, 0.05) is 25.4 Å². The van der Waals surface area contributed by atoms with E-state index in [0.29, 0.717) is 13.0 Å². The fourth-order valence-electron chi connectivity index (χ4n) is 2.58. The fourth-order valence-corrected chi connectivity index (χ4v) is 2.58. The third-order valence-electron chi connectivity index (χ3n) is 3.70. The van der Waals surface area contributed by atoms with Gasteiger partial charge in [-0.25, -0.2) is 0 Å². The molecule has 2 amide bonds. The van der Waals surface area contributed by atoms with Gasteiger partial charge in [-0.1, -0.05) is 27.2 Å². The maximum atomic E-state index is 11.9. The van der Waals surface area contributed by atoms with E-state index in [2.05, 4.69) is 26.1 Å². The molecule has 1 heterocycles. The quantitative estimate of drug-likeness (QED) is 0.828. The van der Waals surface area contributed by atoms with Crippen molar-refractivity contribution in [3.8, 4) is 0 Å². The molecule has 2 aliphatic rings. The van der Waals surface area contributed by atoms with Crippen LogP contribution in [0.3, 0.4) is 0 Å². The van der Waals surface area contributed by atoms with E-state index in [1.807, 2.05) is 4.90 Å². The van der Waals surface area contributed by atoms with E-state index in [0.717, 1.165) is 25.8 Å². The molecule has 1 N–H and O–H groups in total. The average Bonchev–Trinajstić information content (AvgIpc) is 2.39. The molecule has 4 heteroatoms. The largest absolute Gasteiger partial charge is 0.351 e. The lowest BCUT2D eigenvalue weighted by Crippen LogP contribution is -2.43. The highest BCUT2D eigenvalue weighted by molar-refractivity contribution is 5.83. The van der Waals surface area contributed by atoms with Crippen molar-refractivity contribution in [3.63, 3.8) is 0 Å². The van der Waals surface area contributed by atoms with Crippen molar-refractivity contribution in [3.05, 3.63) is 0 Å². The Hall–Kier alpha value is -1.06. The maximum Gasteiger partial charge on any atom is 0.224 e. The van der Waals surface area contributed by atoms with E-state index in [4.69, 9.17) is 0 Å². The molecule has 4 nitrogen and oxygen atoms in total. The summed E-state index contributed by atoms with van der Waals surface area (Å²) in [5, 5.41) is 3.03. The van der Waals surface area contributed by atoms with Crippen molar-refractivity contribution in [1.29, 1.82) is 0 Å². The molecule has 0 radical (unpaired) electrons. The number of carbonyl (C=O) groups excluding carboxylic acids is 2. The van der Waals surface area contributed by atoms with Crippen LogP contribution in [-0.4, -0.2) is 35.8 Å². The van der Waals surface area contributed by atoms with Gasteiger partial charge in [0.05, 0.1) is 6.04 Å². The second kappa shape index (κ2) is 4.90. The molecule has 1 atom stereocenters. The molecule has 102 valence electrons. The average molecular weight is 252 g/mol. The molecule has 1 saturated heterocycles. The first-order valence-corrected chi connectivity index (χ1v) is 6.93. The first kappa shape index (κ1) is 13.4. The summed E-state index contributed by atoms with van der Waals surface area (Å²) in [6, 6.07) is 0.0212. The van der Waals surface area contributed by atoms with Crippen LogP contribution < -0.4 is 5.32 Å². The number of hydrogen-bond acceptors (Lipinski definition) is 2. The van der Waals surface area contributed by atoms with Gasteiger partial charge in [-0.2, -0.15) is 0 Å². The van der Waals surface area contributed by atoms with Crippen molar-refractivity contribution in [2.45, 2.75) is 52.5 Å². The van der Waals surface area contributed by atoms with Crippen LogP contribution >= 0.6 is 0 Å². The summed E-state index contributed by atoms with van der Waals surface area (Å²) in [7, 11) is 0. The lowest BCUT2D eigenvalue weighted by Gasteiger charge is -2.28. The van der Waals surface area contributed by atoms with E-state index in [1.54, 1.807) is 0 Å². The van der Waals surface area contributed by atoms with Crippen LogP contribution in [0.2, 0.25) is 0 Å². The molecule has 0 bridgehead atoms. The molecule has 18 heavy (non-hydrogen) atoms. The molecule has 2 fully saturated rings. The Balaban J connectivity index is 1.82. The van der Waals surface area contributed by atoms with Gasteiger partial charge < -0.3 is 10.2 Å². The summed E-state index contributed by atoms with van der Waals surface area (Å²) in [5.41, 5.74) is 0.114. The second-order valence-electron chi connectivity index (χ2n) is 6.87. The third kappa shape index (κ3) is 3.24. The minimum atomic E-state index is 0.0212. The van der Waals surface area contributed by atoms with E-state index >= 15 is 0 Å². The number of nitrogens with one attached hydrogen (secondary N) is 1. The van der Waals surface area contributed by atoms with Crippen LogP contribution in [0.1, 0.15) is 46.5 Å². The second-order valence-corrected chi connectivity index (χ2v) is 6.87. The number of nitrogens with zero attached hydrogens (tertiary/aromatic N) is 1. The van der Waals surface area contributed by atoms with Gasteiger partial charge in [-0.3, -0.25) is 9.59 Å². The standard InChI is InChI=1S/C14H24N2O2/c1-14(2,3)9-16-8-11(7-12(16)17)15-13(18)10-5-4-6-10/h10-11H,4-9H2,1-3H3,(H,15,18). The van der Waals surface area contributed by atoms with Crippen molar-refractivity contribution in [2.24, 2.45) is 11.3 Å². The number of rotatable bonds is 3. The highest BCUT2D eigenvalue weighted by atomic mass is 16.2. The normalized spacial score (nSPS) is 25.2. The van der Waals surface area contributed by atoms with Crippen LogP contribution in [0.15, 0.2) is 0 Å². The Bertz CT molecular complexity index is 342. The minimum absolute atomic E-state index is 0.0212. The van der Waals surface area contributed by atoms with E-state index in [-0.39, 0.29) is 29.2 Å². The molecular weight excluding hydrogens is 228 g/mol. The summed E-state index contributed by atoms with van der Waals surface area (Å²) in [4.78, 5) is 25.6. The van der Waals surface area contributed by atoms with Crippen molar-refractivity contribution in [2.75, 3.05) is 13.1 Å². The number of likely N-dealkylation sites (tertiary alicyclic amines) is 1. The molecule has 1 aliphatic heterocycles. The van der Waals surface area contributed by atoms with Gasteiger partial charge in [0.15, 0.2) is 0 Å². The molecule has 1 aliphatic carbocycles. The summed E-state index contributed by atoms with van der Waals surface area (Å²) >= 11 is 0. The number of carbonyl (C=O) groups is 2. The summed E-state index contributed by atoms with van der Waals surface area (Å²) < 4.78 is 0. The summed E-state index contributed by atoms with van der Waals surface area (Å²) in [6.45, 7) is 7.82. The van der Waals surface area contributed by atoms with Crippen LogP contribution in [0.4, 0.5) is 0 Å². The monoisotopic (exact) mass is 252 g/mol. The first-order valence-electron chi connectivity index (χ1n) is 6.93. The SMILES string of the molecule is CC(C)(C)CN1CC(NC(=O)C2CCC2)CC1=O. The number of hydrogen-bond donors (Lipinski definition) is 1. The molecule has 0 spiro atoms. The molecule has 2 rings (SSSR count). The molecule has 1 saturated carbocycles. The van der Waals surface area contributed by atoms with Gasteiger partial charge >= 0.3 is 0 Å². The van der Waals surface area contributed by atoms with Gasteiger partial charge in [-0.15, -0.1) is 0 Å². The van der Waals surface area contributed by atoms with E-state index in [1.165, 1.54) is 0 Å². The van der Waals surface area contributed by atoms with E-state index < -0.39 is 0 Å². The lowest BCUT2D eigenvalue weighted by molar-refractivity contribution is -0.128. The van der Waals surface area contributed by atoms with Crippen LogP contribution in [-0.2, 0) is 9.59 Å². The van der Waals surface area contributed by atoms with Crippen LogP contribution in [0, 0.1) is 11.3 Å². The Morgan fingerprint density at radius 2 is 2.06 bits per heavy atom. The maximum absolute atomic E-state index is 11.9. The molecule has 0 aromatic heterocycles. The zero-order chi connectivity index (χ0) is 13.3. The topological polar surface area (TPSA) is 49.4 Å². The highest BCUT2D eigenvalue weighted by Gasteiger charge is 2.34. The van der Waals surface area contributed by atoms with Crippen molar-refractivity contribution >= 4 is 11.8 Å². The summed E-state index contributed by atoms with van der Waals surface area (Å²) in [5.74, 6) is 0.525.